The van der Waals surface area contributed by atoms with E-state index in [1.165, 1.54) is 24.3 Å². The Balaban J connectivity index is 1.67. The fourth-order valence-electron chi connectivity index (χ4n) is 2.58. The summed E-state index contributed by atoms with van der Waals surface area (Å²) in [6, 6.07) is 15.1. The quantitative estimate of drug-likeness (QED) is 0.638. The van der Waals surface area contributed by atoms with Crippen LogP contribution in [0.15, 0.2) is 71.6 Å². The molecule has 150 valence electrons. The van der Waals surface area contributed by atoms with Crippen molar-refractivity contribution in [3.63, 3.8) is 0 Å². The van der Waals surface area contributed by atoms with Gasteiger partial charge < -0.3 is 5.32 Å². The number of rotatable bonds is 6. The minimum Gasteiger partial charge on any atom is -0.348 e. The van der Waals surface area contributed by atoms with Crippen LogP contribution in [0.4, 0.5) is 14.5 Å². The molecule has 29 heavy (non-hydrogen) atoms. The third-order valence-corrected chi connectivity index (χ3v) is 5.57. The van der Waals surface area contributed by atoms with Crippen LogP contribution in [0, 0.1) is 18.6 Å². The molecule has 0 atom stereocenters. The Bertz CT molecular complexity index is 1130. The molecule has 8 heteroatoms. The average Bonchev–Trinajstić information content (AvgIpc) is 2.70. The second-order valence-corrected chi connectivity index (χ2v) is 8.10. The van der Waals surface area contributed by atoms with E-state index >= 15 is 0 Å². The van der Waals surface area contributed by atoms with Gasteiger partial charge in [0.25, 0.3) is 15.9 Å². The molecule has 0 aromatic heterocycles. The standard InChI is InChI=1S/C21H18F2N2O3S/c1-14-2-7-18(8-3-14)25-29(27,28)19-9-4-15(5-10-19)21(26)24-13-16-12-17(22)6-11-20(16)23/h2-12,25H,13H2,1H3,(H,24,26). The average molecular weight is 416 g/mol. The van der Waals surface area contributed by atoms with Crippen molar-refractivity contribution in [3.8, 4) is 0 Å². The predicted octanol–water partition coefficient (Wildman–Crippen LogP) is 4.00. The number of halogens is 2. The number of carbonyl (C=O) groups is 1. The molecule has 1 amide bonds. The number of hydrogen-bond donors (Lipinski definition) is 2. The van der Waals surface area contributed by atoms with Crippen molar-refractivity contribution in [2.45, 2.75) is 18.4 Å². The molecule has 3 aromatic rings. The maximum absolute atomic E-state index is 13.6. The van der Waals surface area contributed by atoms with E-state index in [2.05, 4.69) is 10.0 Å². The molecule has 0 radical (unpaired) electrons. The molecule has 0 fully saturated rings. The highest BCUT2D eigenvalue weighted by molar-refractivity contribution is 7.92. The Morgan fingerprint density at radius 3 is 2.24 bits per heavy atom. The first kappa shape index (κ1) is 20.5. The maximum Gasteiger partial charge on any atom is 0.261 e. The van der Waals surface area contributed by atoms with Gasteiger partial charge in [-0.1, -0.05) is 17.7 Å². The minimum atomic E-state index is -3.81. The van der Waals surface area contributed by atoms with Crippen molar-refractivity contribution < 1.29 is 22.0 Å². The van der Waals surface area contributed by atoms with Crippen molar-refractivity contribution in [2.24, 2.45) is 0 Å². The molecule has 3 aromatic carbocycles. The van der Waals surface area contributed by atoms with E-state index in [9.17, 15) is 22.0 Å². The van der Waals surface area contributed by atoms with Crippen LogP contribution in [0.2, 0.25) is 0 Å². The molecule has 5 nitrogen and oxygen atoms in total. The van der Waals surface area contributed by atoms with Gasteiger partial charge in [-0.3, -0.25) is 9.52 Å². The van der Waals surface area contributed by atoms with Crippen molar-refractivity contribution in [3.05, 3.63) is 95.1 Å². The SMILES string of the molecule is Cc1ccc(NS(=O)(=O)c2ccc(C(=O)NCc3cc(F)ccc3F)cc2)cc1. The van der Waals surface area contributed by atoms with Gasteiger partial charge in [-0.15, -0.1) is 0 Å². The van der Waals surface area contributed by atoms with Gasteiger partial charge in [0.2, 0.25) is 0 Å². The summed E-state index contributed by atoms with van der Waals surface area (Å²) < 4.78 is 54.2. The van der Waals surface area contributed by atoms with Crippen LogP contribution in [-0.2, 0) is 16.6 Å². The van der Waals surface area contributed by atoms with Gasteiger partial charge in [0.1, 0.15) is 11.6 Å². The normalized spacial score (nSPS) is 11.1. The first-order valence-corrected chi connectivity index (χ1v) is 10.1. The van der Waals surface area contributed by atoms with Gasteiger partial charge in [0.15, 0.2) is 0 Å². The summed E-state index contributed by atoms with van der Waals surface area (Å²) >= 11 is 0. The highest BCUT2D eigenvalue weighted by Gasteiger charge is 2.15. The fourth-order valence-corrected chi connectivity index (χ4v) is 3.64. The predicted molar refractivity (Wildman–Crippen MR) is 106 cm³/mol. The first-order valence-electron chi connectivity index (χ1n) is 8.66. The molecule has 0 unspecified atom stereocenters. The molecule has 0 aliphatic rings. The van der Waals surface area contributed by atoms with Crippen LogP contribution >= 0.6 is 0 Å². The lowest BCUT2D eigenvalue weighted by Crippen LogP contribution is -2.23. The zero-order valence-electron chi connectivity index (χ0n) is 15.4. The van der Waals surface area contributed by atoms with Crippen molar-refractivity contribution in [1.82, 2.24) is 5.32 Å². The number of aryl methyl sites for hydroxylation is 1. The highest BCUT2D eigenvalue weighted by atomic mass is 32.2. The molecule has 2 N–H and O–H groups in total. The van der Waals surface area contributed by atoms with Crippen LogP contribution in [-0.4, -0.2) is 14.3 Å². The van der Waals surface area contributed by atoms with Crippen LogP contribution in [0.1, 0.15) is 21.5 Å². The lowest BCUT2D eigenvalue weighted by molar-refractivity contribution is 0.0950. The Morgan fingerprint density at radius 1 is 0.931 bits per heavy atom. The number of anilines is 1. The molecule has 0 heterocycles. The van der Waals surface area contributed by atoms with E-state index in [0.29, 0.717) is 5.69 Å². The zero-order valence-corrected chi connectivity index (χ0v) is 16.3. The smallest absolute Gasteiger partial charge is 0.261 e. The summed E-state index contributed by atoms with van der Waals surface area (Å²) in [5.41, 5.74) is 1.63. The Morgan fingerprint density at radius 2 is 1.59 bits per heavy atom. The third-order valence-electron chi connectivity index (χ3n) is 4.18. The molecular weight excluding hydrogens is 398 g/mol. The van der Waals surface area contributed by atoms with E-state index in [0.717, 1.165) is 23.8 Å². The Labute approximate surface area is 167 Å². The second kappa shape index (κ2) is 8.40. The van der Waals surface area contributed by atoms with Gasteiger partial charge in [-0.25, -0.2) is 17.2 Å². The molecule has 0 saturated heterocycles. The van der Waals surface area contributed by atoms with E-state index in [1.54, 1.807) is 24.3 Å². The second-order valence-electron chi connectivity index (χ2n) is 6.41. The van der Waals surface area contributed by atoms with E-state index < -0.39 is 27.6 Å². The molecule has 0 spiro atoms. The zero-order chi connectivity index (χ0) is 21.0. The number of benzene rings is 3. The van der Waals surface area contributed by atoms with E-state index in [4.69, 9.17) is 0 Å². The largest absolute Gasteiger partial charge is 0.348 e. The number of amides is 1. The molecule has 3 rings (SSSR count). The topological polar surface area (TPSA) is 75.3 Å². The van der Waals surface area contributed by atoms with Gasteiger partial charge in [0.05, 0.1) is 4.90 Å². The summed E-state index contributed by atoms with van der Waals surface area (Å²) in [6.45, 7) is 1.70. The lowest BCUT2D eigenvalue weighted by atomic mass is 10.2. The summed E-state index contributed by atoms with van der Waals surface area (Å²) in [7, 11) is -3.81. The van der Waals surface area contributed by atoms with Crippen LogP contribution in [0.3, 0.4) is 0 Å². The fraction of sp³-hybridized carbons (Fsp3) is 0.0952. The third kappa shape index (κ3) is 5.17. The van der Waals surface area contributed by atoms with Gasteiger partial charge in [-0.2, -0.15) is 0 Å². The van der Waals surface area contributed by atoms with Crippen molar-refractivity contribution in [1.29, 1.82) is 0 Å². The number of sulfonamides is 1. The molecule has 0 saturated carbocycles. The summed E-state index contributed by atoms with van der Waals surface area (Å²) in [5, 5.41) is 2.48. The molecule has 0 aliphatic heterocycles. The van der Waals surface area contributed by atoms with Crippen molar-refractivity contribution in [2.75, 3.05) is 4.72 Å². The van der Waals surface area contributed by atoms with Crippen LogP contribution < -0.4 is 10.0 Å². The summed E-state index contributed by atoms with van der Waals surface area (Å²) in [4.78, 5) is 12.2. The minimum absolute atomic E-state index is 0.00852. The van der Waals surface area contributed by atoms with Gasteiger partial charge >= 0.3 is 0 Å². The molecule has 0 aliphatic carbocycles. The number of carbonyl (C=O) groups excluding carboxylic acids is 1. The maximum atomic E-state index is 13.6. The summed E-state index contributed by atoms with van der Waals surface area (Å²) in [6.07, 6.45) is 0. The molecule has 0 bridgehead atoms. The van der Waals surface area contributed by atoms with Crippen molar-refractivity contribution >= 4 is 21.6 Å². The summed E-state index contributed by atoms with van der Waals surface area (Å²) in [5.74, 6) is -1.77. The first-order chi connectivity index (χ1) is 13.7. The Kier molecular flexibility index (Phi) is 5.93. The van der Waals surface area contributed by atoms with Gasteiger partial charge in [-0.05, 0) is 61.5 Å². The van der Waals surface area contributed by atoms with E-state index in [-0.39, 0.29) is 22.6 Å². The van der Waals surface area contributed by atoms with Crippen LogP contribution in [0.5, 0.6) is 0 Å². The monoisotopic (exact) mass is 416 g/mol. The number of nitrogens with one attached hydrogen (secondary N) is 2. The van der Waals surface area contributed by atoms with Gasteiger partial charge in [0, 0.05) is 23.4 Å². The Hall–Kier alpha value is -3.26. The van der Waals surface area contributed by atoms with Crippen LogP contribution in [0.25, 0.3) is 0 Å². The highest BCUT2D eigenvalue weighted by Crippen LogP contribution is 2.17. The van der Waals surface area contributed by atoms with E-state index in [1.807, 2.05) is 6.92 Å². The number of hydrogen-bond acceptors (Lipinski definition) is 3. The lowest BCUT2D eigenvalue weighted by Gasteiger charge is -2.10. The molecular formula is C21H18F2N2O3S.